The van der Waals surface area contributed by atoms with Crippen molar-refractivity contribution in [2.24, 2.45) is 0 Å². The minimum absolute atomic E-state index is 0.208. The van der Waals surface area contributed by atoms with Crippen LogP contribution in [-0.2, 0) is 9.47 Å². The average Bonchev–Trinajstić information content (AvgIpc) is 2.58. The van der Waals surface area contributed by atoms with E-state index < -0.39 is 37.6 Å². The Kier molecular flexibility index (Phi) is 4.02. The molecule has 0 spiro atoms. The molecule has 4 N–H and O–H groups in total. The van der Waals surface area contributed by atoms with Gasteiger partial charge in [0.05, 0.1) is 13.2 Å². The lowest BCUT2D eigenvalue weighted by Crippen LogP contribution is -2.45. The maximum Gasteiger partial charge on any atom is 0.353 e. The van der Waals surface area contributed by atoms with Crippen molar-refractivity contribution in [3.05, 3.63) is 0 Å². The van der Waals surface area contributed by atoms with Gasteiger partial charge in [-0.15, -0.1) is 0 Å². The molecule has 1 heterocycles. The molecule has 0 aromatic carbocycles. The lowest BCUT2D eigenvalue weighted by atomic mass is 10.0. The van der Waals surface area contributed by atoms with Crippen LogP contribution in [0.25, 0.3) is 0 Å². The van der Waals surface area contributed by atoms with Crippen LogP contribution in [0.1, 0.15) is 0 Å². The molecule has 7 heteroatoms. The number of thiocarbonyl (C=S) groups is 1. The van der Waals surface area contributed by atoms with E-state index in [0.717, 1.165) is 0 Å². The van der Waals surface area contributed by atoms with Crippen LogP contribution in [0.4, 0.5) is 0 Å². The molecule has 0 aliphatic carbocycles. The SMILES string of the molecule is OCC(O)[C@H]1OC(=S)O[C@H]1C(O)CO. The Morgan fingerprint density at radius 3 is 1.71 bits per heavy atom. The molecular formula is C7H12O6S. The highest BCUT2D eigenvalue weighted by Gasteiger charge is 2.43. The zero-order chi connectivity index (χ0) is 10.7. The summed E-state index contributed by atoms with van der Waals surface area (Å²) in [5.74, 6) is 0. The first-order valence-electron chi connectivity index (χ1n) is 4.05. The molecule has 0 aromatic heterocycles. The molecule has 1 rings (SSSR count). The summed E-state index contributed by atoms with van der Waals surface area (Å²) in [5, 5.41) is 35.7. The molecule has 0 amide bonds. The molecule has 4 atom stereocenters. The van der Waals surface area contributed by atoms with Crippen LogP contribution in [0.2, 0.25) is 0 Å². The van der Waals surface area contributed by atoms with Crippen molar-refractivity contribution in [2.45, 2.75) is 24.4 Å². The van der Waals surface area contributed by atoms with Gasteiger partial charge in [0, 0.05) is 12.2 Å². The first kappa shape index (κ1) is 11.6. The third kappa shape index (κ3) is 2.31. The topological polar surface area (TPSA) is 99.4 Å². The lowest BCUT2D eigenvalue weighted by molar-refractivity contribution is -0.0640. The molecule has 0 bridgehead atoms. The minimum atomic E-state index is -1.21. The van der Waals surface area contributed by atoms with E-state index in [1.54, 1.807) is 0 Å². The Hall–Kier alpha value is -0.470. The third-order valence-electron chi connectivity index (χ3n) is 1.92. The highest BCUT2D eigenvalue weighted by Crippen LogP contribution is 2.21. The fourth-order valence-electron chi connectivity index (χ4n) is 1.19. The van der Waals surface area contributed by atoms with E-state index >= 15 is 0 Å². The van der Waals surface area contributed by atoms with Crippen molar-refractivity contribution in [2.75, 3.05) is 13.2 Å². The molecule has 6 nitrogen and oxygen atoms in total. The summed E-state index contributed by atoms with van der Waals surface area (Å²) in [6.45, 7) is -1.07. The maximum atomic E-state index is 9.28. The second-order valence-electron chi connectivity index (χ2n) is 2.91. The smallest absolute Gasteiger partial charge is 0.353 e. The fourth-order valence-corrected chi connectivity index (χ4v) is 1.41. The van der Waals surface area contributed by atoms with Crippen LogP contribution in [0.15, 0.2) is 0 Å². The molecule has 0 radical (unpaired) electrons. The second-order valence-corrected chi connectivity index (χ2v) is 3.25. The lowest BCUT2D eigenvalue weighted by Gasteiger charge is -2.22. The van der Waals surface area contributed by atoms with Gasteiger partial charge in [-0.2, -0.15) is 0 Å². The van der Waals surface area contributed by atoms with Gasteiger partial charge in [0.25, 0.3) is 0 Å². The van der Waals surface area contributed by atoms with Crippen molar-refractivity contribution in [1.29, 1.82) is 0 Å². The minimum Gasteiger partial charge on any atom is -0.447 e. The molecule has 82 valence electrons. The van der Waals surface area contributed by atoms with Gasteiger partial charge >= 0.3 is 5.24 Å². The quantitative estimate of drug-likeness (QED) is 0.401. The second kappa shape index (κ2) is 4.85. The van der Waals surface area contributed by atoms with E-state index in [2.05, 4.69) is 12.2 Å². The van der Waals surface area contributed by atoms with Gasteiger partial charge < -0.3 is 29.9 Å². The summed E-state index contributed by atoms with van der Waals surface area (Å²) in [5.41, 5.74) is 0. The van der Waals surface area contributed by atoms with E-state index in [-0.39, 0.29) is 5.24 Å². The molecular weight excluding hydrogens is 212 g/mol. The van der Waals surface area contributed by atoms with Crippen molar-refractivity contribution in [3.63, 3.8) is 0 Å². The first-order valence-corrected chi connectivity index (χ1v) is 4.46. The summed E-state index contributed by atoms with van der Waals surface area (Å²) in [6, 6.07) is 0. The summed E-state index contributed by atoms with van der Waals surface area (Å²) in [4.78, 5) is 0. The van der Waals surface area contributed by atoms with E-state index in [1.807, 2.05) is 0 Å². The predicted octanol–water partition coefficient (Wildman–Crippen LogP) is -2.24. The van der Waals surface area contributed by atoms with Crippen LogP contribution in [0.5, 0.6) is 0 Å². The molecule has 0 saturated carbocycles. The Labute approximate surface area is 85.7 Å². The summed E-state index contributed by atoms with van der Waals surface area (Å²) in [6.07, 6.45) is -4.31. The van der Waals surface area contributed by atoms with Gasteiger partial charge in [-0.1, -0.05) is 0 Å². The summed E-state index contributed by atoms with van der Waals surface area (Å²) >= 11 is 4.58. The zero-order valence-electron chi connectivity index (χ0n) is 7.24. The molecule has 2 unspecified atom stereocenters. The first-order chi connectivity index (χ1) is 6.60. The van der Waals surface area contributed by atoms with Gasteiger partial charge in [-0.25, -0.2) is 0 Å². The van der Waals surface area contributed by atoms with Crippen LogP contribution in [0.3, 0.4) is 0 Å². The Morgan fingerprint density at radius 1 is 1.07 bits per heavy atom. The van der Waals surface area contributed by atoms with Gasteiger partial charge in [0.15, 0.2) is 12.2 Å². The number of hydrogen-bond donors (Lipinski definition) is 4. The number of rotatable bonds is 4. The highest BCUT2D eigenvalue weighted by atomic mass is 32.1. The molecule has 1 saturated heterocycles. The van der Waals surface area contributed by atoms with Gasteiger partial charge in [-0.05, 0) is 0 Å². The van der Waals surface area contributed by atoms with E-state index in [1.165, 1.54) is 0 Å². The average molecular weight is 224 g/mol. The zero-order valence-corrected chi connectivity index (χ0v) is 8.05. The number of aliphatic hydroxyl groups excluding tert-OH is 4. The predicted molar refractivity (Wildman–Crippen MR) is 48.5 cm³/mol. The standard InChI is InChI=1S/C7H12O6S/c8-1-3(10)5-6(4(11)2-9)13-7(14)12-5/h3-6,8-11H,1-2H2/t3?,4?,5-,6+. The molecule has 0 aromatic rings. The van der Waals surface area contributed by atoms with Gasteiger partial charge in [-0.3, -0.25) is 0 Å². The molecule has 1 aliphatic rings. The van der Waals surface area contributed by atoms with Crippen LogP contribution in [-0.4, -0.2) is 63.3 Å². The summed E-state index contributed by atoms with van der Waals surface area (Å²) in [7, 11) is 0. The Bertz CT molecular complexity index is 190. The number of aliphatic hydroxyl groups is 4. The third-order valence-corrected chi connectivity index (χ3v) is 2.11. The van der Waals surface area contributed by atoms with Gasteiger partial charge in [0.2, 0.25) is 0 Å². The van der Waals surface area contributed by atoms with Gasteiger partial charge in [0.1, 0.15) is 12.2 Å². The summed E-state index contributed by atoms with van der Waals surface area (Å²) < 4.78 is 9.76. The molecule has 1 fully saturated rings. The van der Waals surface area contributed by atoms with E-state index in [4.69, 9.17) is 19.7 Å². The van der Waals surface area contributed by atoms with E-state index in [0.29, 0.717) is 0 Å². The Morgan fingerprint density at radius 2 is 1.43 bits per heavy atom. The van der Waals surface area contributed by atoms with Crippen molar-refractivity contribution in [1.82, 2.24) is 0 Å². The molecule has 1 aliphatic heterocycles. The van der Waals surface area contributed by atoms with Crippen molar-refractivity contribution >= 4 is 17.5 Å². The van der Waals surface area contributed by atoms with Crippen molar-refractivity contribution in [3.8, 4) is 0 Å². The monoisotopic (exact) mass is 224 g/mol. The van der Waals surface area contributed by atoms with Crippen LogP contribution >= 0.6 is 12.2 Å². The highest BCUT2D eigenvalue weighted by molar-refractivity contribution is 7.79. The Balaban J connectivity index is 2.67. The molecule has 14 heavy (non-hydrogen) atoms. The van der Waals surface area contributed by atoms with Crippen LogP contribution < -0.4 is 0 Å². The van der Waals surface area contributed by atoms with Crippen LogP contribution in [0, 0.1) is 0 Å². The number of hydrogen-bond acceptors (Lipinski definition) is 7. The van der Waals surface area contributed by atoms with E-state index in [9.17, 15) is 10.2 Å². The largest absolute Gasteiger partial charge is 0.447 e. The normalized spacial score (nSPS) is 30.7. The fraction of sp³-hybridized carbons (Fsp3) is 0.857. The number of ether oxygens (including phenoxy) is 2. The maximum absolute atomic E-state index is 9.28. The van der Waals surface area contributed by atoms with Crippen molar-refractivity contribution < 1.29 is 29.9 Å².